The zero-order chi connectivity index (χ0) is 12.3. The second-order valence-electron chi connectivity index (χ2n) is 3.51. The normalized spacial score (nSPS) is 12.1. The fraction of sp³-hybridized carbons (Fsp3) is 0.182. The lowest BCUT2D eigenvalue weighted by Crippen LogP contribution is -2.15. The summed E-state index contributed by atoms with van der Waals surface area (Å²) in [4.78, 5) is 8.54. The van der Waals surface area contributed by atoms with Gasteiger partial charge in [-0.15, -0.1) is 0 Å². The molecule has 2 rings (SSSR count). The average molecular weight is 248 g/mol. The lowest BCUT2D eigenvalue weighted by Gasteiger charge is -2.11. The average Bonchev–Trinajstić information content (AvgIpc) is 2.82. The number of nitrogens with two attached hydrogens (primary N) is 1. The Morgan fingerprint density at radius 1 is 1.53 bits per heavy atom. The fourth-order valence-corrected chi connectivity index (χ4v) is 1.48. The fourth-order valence-electron chi connectivity index (χ4n) is 1.37. The number of hydrogen-bond acceptors (Lipinski definition) is 5. The van der Waals surface area contributed by atoms with Gasteiger partial charge in [0.05, 0.1) is 12.3 Å². The van der Waals surface area contributed by atoms with Gasteiger partial charge < -0.3 is 15.5 Å². The summed E-state index contributed by atoms with van der Waals surface area (Å²) in [6.45, 7) is 1.95. The highest BCUT2D eigenvalue weighted by Crippen LogP contribution is 2.16. The lowest BCUT2D eigenvalue weighted by atomic mass is 10.2. The summed E-state index contributed by atoms with van der Waals surface area (Å²) < 4.78 is 5.28. The molecule has 1 atom stereocenters. The van der Waals surface area contributed by atoms with Gasteiger partial charge in [-0.05, 0) is 25.1 Å². The molecule has 17 heavy (non-hydrogen) atoms. The summed E-state index contributed by atoms with van der Waals surface area (Å²) in [5.41, 5.74) is 6.05. The van der Waals surface area contributed by atoms with Crippen molar-refractivity contribution in [3.05, 3.63) is 42.1 Å². The summed E-state index contributed by atoms with van der Waals surface area (Å²) in [5, 5.41) is 3.11. The van der Waals surface area contributed by atoms with Crippen molar-refractivity contribution in [3.63, 3.8) is 0 Å². The molecule has 0 aliphatic carbocycles. The van der Waals surface area contributed by atoms with E-state index in [2.05, 4.69) is 15.3 Å². The van der Waals surface area contributed by atoms with Crippen LogP contribution in [0.4, 0.5) is 5.95 Å². The van der Waals surface area contributed by atoms with Crippen LogP contribution in [-0.2, 0) is 0 Å². The second kappa shape index (κ2) is 4.92. The van der Waals surface area contributed by atoms with Crippen molar-refractivity contribution >= 4 is 23.2 Å². The van der Waals surface area contributed by atoms with E-state index in [1.54, 1.807) is 18.5 Å². The SMILES string of the molecule is CC(Nc1nccc(C(N)=S)n1)c1ccco1. The van der Waals surface area contributed by atoms with Crippen molar-refractivity contribution in [1.82, 2.24) is 9.97 Å². The molecule has 2 aromatic rings. The first-order chi connectivity index (χ1) is 8.16. The van der Waals surface area contributed by atoms with E-state index in [1.165, 1.54) is 0 Å². The van der Waals surface area contributed by atoms with Gasteiger partial charge in [0.1, 0.15) is 16.4 Å². The Labute approximate surface area is 104 Å². The number of nitrogens with one attached hydrogen (secondary N) is 1. The standard InChI is InChI=1S/C11H12N4OS/c1-7(9-3-2-6-16-9)14-11-13-5-4-8(15-11)10(12)17/h2-7H,1H3,(H2,12,17)(H,13,14,15). The topological polar surface area (TPSA) is 77.0 Å². The van der Waals surface area contributed by atoms with Crippen molar-refractivity contribution < 1.29 is 4.42 Å². The molecule has 88 valence electrons. The van der Waals surface area contributed by atoms with Crippen LogP contribution in [0.5, 0.6) is 0 Å². The molecular formula is C11H12N4OS. The highest BCUT2D eigenvalue weighted by molar-refractivity contribution is 7.80. The quantitative estimate of drug-likeness (QED) is 0.804. The summed E-state index contributed by atoms with van der Waals surface area (Å²) in [7, 11) is 0. The third-order valence-corrected chi connectivity index (χ3v) is 2.43. The van der Waals surface area contributed by atoms with E-state index in [4.69, 9.17) is 22.4 Å². The molecule has 0 aromatic carbocycles. The van der Waals surface area contributed by atoms with Crippen LogP contribution >= 0.6 is 12.2 Å². The maximum Gasteiger partial charge on any atom is 0.223 e. The molecule has 0 bridgehead atoms. The third kappa shape index (κ3) is 2.79. The smallest absolute Gasteiger partial charge is 0.223 e. The number of aromatic nitrogens is 2. The Morgan fingerprint density at radius 2 is 2.35 bits per heavy atom. The van der Waals surface area contributed by atoms with Gasteiger partial charge in [0, 0.05) is 6.20 Å². The van der Waals surface area contributed by atoms with Crippen LogP contribution in [0.3, 0.4) is 0 Å². The third-order valence-electron chi connectivity index (χ3n) is 2.22. The number of hydrogen-bond donors (Lipinski definition) is 2. The second-order valence-corrected chi connectivity index (χ2v) is 3.95. The van der Waals surface area contributed by atoms with Crippen LogP contribution in [-0.4, -0.2) is 15.0 Å². The molecule has 0 saturated carbocycles. The van der Waals surface area contributed by atoms with Crippen LogP contribution in [0.1, 0.15) is 24.4 Å². The van der Waals surface area contributed by atoms with Gasteiger partial charge in [-0.3, -0.25) is 0 Å². The predicted octanol–water partition coefficient (Wildman–Crippen LogP) is 1.88. The van der Waals surface area contributed by atoms with Gasteiger partial charge in [0.2, 0.25) is 5.95 Å². The van der Waals surface area contributed by atoms with Crippen LogP contribution in [0.15, 0.2) is 35.1 Å². The molecule has 5 nitrogen and oxygen atoms in total. The molecule has 0 aliphatic rings. The molecule has 0 spiro atoms. The van der Waals surface area contributed by atoms with E-state index in [0.717, 1.165) is 5.76 Å². The highest BCUT2D eigenvalue weighted by Gasteiger charge is 2.10. The summed E-state index contributed by atoms with van der Waals surface area (Å²) in [6, 6.07) is 5.37. The van der Waals surface area contributed by atoms with E-state index in [0.29, 0.717) is 11.6 Å². The van der Waals surface area contributed by atoms with Gasteiger partial charge in [0.15, 0.2) is 0 Å². The van der Waals surface area contributed by atoms with Crippen LogP contribution in [0, 0.1) is 0 Å². The molecule has 0 saturated heterocycles. The molecule has 0 fully saturated rings. The molecule has 0 aliphatic heterocycles. The van der Waals surface area contributed by atoms with Crippen molar-refractivity contribution in [2.45, 2.75) is 13.0 Å². The van der Waals surface area contributed by atoms with E-state index >= 15 is 0 Å². The van der Waals surface area contributed by atoms with Gasteiger partial charge in [0.25, 0.3) is 0 Å². The summed E-state index contributed by atoms with van der Waals surface area (Å²) in [6.07, 6.45) is 3.23. The first kappa shape index (κ1) is 11.5. The first-order valence-electron chi connectivity index (χ1n) is 5.09. The van der Waals surface area contributed by atoms with Gasteiger partial charge >= 0.3 is 0 Å². The zero-order valence-corrected chi connectivity index (χ0v) is 10.1. The molecular weight excluding hydrogens is 236 g/mol. The van der Waals surface area contributed by atoms with E-state index in [1.807, 2.05) is 19.1 Å². The Kier molecular flexibility index (Phi) is 3.34. The van der Waals surface area contributed by atoms with Gasteiger partial charge in [-0.2, -0.15) is 0 Å². The van der Waals surface area contributed by atoms with Crippen LogP contribution in [0.2, 0.25) is 0 Å². The Morgan fingerprint density at radius 3 is 3.00 bits per heavy atom. The Hall–Kier alpha value is -1.95. The minimum absolute atomic E-state index is 0.0217. The number of nitrogens with zero attached hydrogens (tertiary/aromatic N) is 2. The van der Waals surface area contributed by atoms with E-state index in [-0.39, 0.29) is 11.0 Å². The largest absolute Gasteiger partial charge is 0.467 e. The Balaban J connectivity index is 2.13. The number of furan rings is 1. The van der Waals surface area contributed by atoms with Crippen molar-refractivity contribution in [2.75, 3.05) is 5.32 Å². The van der Waals surface area contributed by atoms with Crippen LogP contribution < -0.4 is 11.1 Å². The molecule has 6 heteroatoms. The Bertz CT molecular complexity index is 512. The summed E-state index contributed by atoms with van der Waals surface area (Å²) in [5.74, 6) is 1.29. The van der Waals surface area contributed by atoms with Gasteiger partial charge in [-0.1, -0.05) is 12.2 Å². The van der Waals surface area contributed by atoms with E-state index < -0.39 is 0 Å². The van der Waals surface area contributed by atoms with Crippen LogP contribution in [0.25, 0.3) is 0 Å². The van der Waals surface area contributed by atoms with Gasteiger partial charge in [-0.25, -0.2) is 9.97 Å². The first-order valence-corrected chi connectivity index (χ1v) is 5.50. The molecule has 0 radical (unpaired) electrons. The highest BCUT2D eigenvalue weighted by atomic mass is 32.1. The zero-order valence-electron chi connectivity index (χ0n) is 9.25. The minimum atomic E-state index is -0.0217. The predicted molar refractivity (Wildman–Crippen MR) is 68.7 cm³/mol. The van der Waals surface area contributed by atoms with Crippen molar-refractivity contribution in [1.29, 1.82) is 0 Å². The minimum Gasteiger partial charge on any atom is -0.467 e. The molecule has 0 amide bonds. The molecule has 1 unspecified atom stereocenters. The summed E-state index contributed by atoms with van der Waals surface area (Å²) >= 11 is 4.86. The molecule has 3 N–H and O–H groups in total. The number of thiocarbonyl (C=S) groups is 1. The maximum absolute atomic E-state index is 5.50. The van der Waals surface area contributed by atoms with E-state index in [9.17, 15) is 0 Å². The number of anilines is 1. The van der Waals surface area contributed by atoms with Crippen molar-refractivity contribution in [2.24, 2.45) is 5.73 Å². The molecule has 2 aromatic heterocycles. The monoisotopic (exact) mass is 248 g/mol. The molecule has 2 heterocycles. The lowest BCUT2D eigenvalue weighted by molar-refractivity contribution is 0.489. The van der Waals surface area contributed by atoms with Crippen molar-refractivity contribution in [3.8, 4) is 0 Å². The maximum atomic E-state index is 5.50. The number of rotatable bonds is 4.